The largest absolute Gasteiger partial charge is 0.469 e. The van der Waals surface area contributed by atoms with E-state index in [1.54, 1.807) is 67.6 Å². The summed E-state index contributed by atoms with van der Waals surface area (Å²) in [5, 5.41) is 2.87. The number of nitrogens with zero attached hydrogens (tertiary/aromatic N) is 3. The van der Waals surface area contributed by atoms with Gasteiger partial charge in [-0.25, -0.2) is 28.3 Å². The Morgan fingerprint density at radius 1 is 0.886 bits per heavy atom. The number of carbonyl (C=O) groups excluding carboxylic acids is 4. The van der Waals surface area contributed by atoms with Gasteiger partial charge in [0, 0.05) is 29.0 Å². The molecule has 0 radical (unpaired) electrons. The molecular formula is C32H30N4O8. The summed E-state index contributed by atoms with van der Waals surface area (Å²) in [6.07, 6.45) is 1.24. The molecule has 1 aliphatic heterocycles. The fourth-order valence-electron chi connectivity index (χ4n) is 7.00. The van der Waals surface area contributed by atoms with Crippen LogP contribution in [0.2, 0.25) is 0 Å². The summed E-state index contributed by atoms with van der Waals surface area (Å²) in [7, 11) is 2.38. The fraction of sp³-hybridized carbons (Fsp3) is 0.312. The first-order chi connectivity index (χ1) is 21.0. The van der Waals surface area contributed by atoms with Gasteiger partial charge < -0.3 is 14.8 Å². The van der Waals surface area contributed by atoms with E-state index in [4.69, 9.17) is 9.47 Å². The van der Waals surface area contributed by atoms with Gasteiger partial charge in [0.15, 0.2) is 5.78 Å². The van der Waals surface area contributed by atoms with Gasteiger partial charge in [-0.1, -0.05) is 42.5 Å². The molecule has 0 unspecified atom stereocenters. The number of methoxy groups -OCH3 is 2. The highest BCUT2D eigenvalue weighted by atomic mass is 16.5. The van der Waals surface area contributed by atoms with Gasteiger partial charge in [0.25, 0.3) is 5.91 Å². The first-order valence-corrected chi connectivity index (χ1v) is 14.1. The van der Waals surface area contributed by atoms with Crippen molar-refractivity contribution in [1.82, 2.24) is 19.2 Å². The van der Waals surface area contributed by atoms with Crippen molar-refractivity contribution in [2.45, 2.75) is 37.9 Å². The third kappa shape index (κ3) is 4.04. The minimum absolute atomic E-state index is 0.0613. The molecule has 0 bridgehead atoms. The molecule has 0 spiro atoms. The van der Waals surface area contributed by atoms with Gasteiger partial charge in [0.1, 0.15) is 5.54 Å². The van der Waals surface area contributed by atoms with Crippen LogP contribution in [-0.2, 0) is 23.9 Å². The first kappa shape index (κ1) is 28.8. The van der Waals surface area contributed by atoms with Crippen LogP contribution in [0.5, 0.6) is 0 Å². The molecule has 2 heterocycles. The van der Waals surface area contributed by atoms with Crippen molar-refractivity contribution in [2.24, 2.45) is 11.8 Å². The highest BCUT2D eigenvalue weighted by molar-refractivity contribution is 6.11. The summed E-state index contributed by atoms with van der Waals surface area (Å²) in [6.45, 7) is 3.15. The lowest BCUT2D eigenvalue weighted by Gasteiger charge is -2.37. The Kier molecular flexibility index (Phi) is 6.87. The van der Waals surface area contributed by atoms with Gasteiger partial charge in [-0.2, -0.15) is 0 Å². The van der Waals surface area contributed by atoms with Crippen molar-refractivity contribution in [3.05, 3.63) is 110 Å². The number of rotatable bonds is 5. The van der Waals surface area contributed by atoms with Crippen LogP contribution in [0.25, 0.3) is 5.69 Å². The Balaban J connectivity index is 1.62. The third-order valence-corrected chi connectivity index (χ3v) is 8.93. The van der Waals surface area contributed by atoms with Crippen LogP contribution in [0.1, 0.15) is 42.7 Å². The highest BCUT2D eigenvalue weighted by Crippen LogP contribution is 2.54. The maximum absolute atomic E-state index is 14.6. The lowest BCUT2D eigenvalue weighted by Crippen LogP contribution is -2.57. The second kappa shape index (κ2) is 10.5. The summed E-state index contributed by atoms with van der Waals surface area (Å²) >= 11 is 0. The number of para-hydroxylation sites is 1. The number of ketones is 1. The second-order valence-electron chi connectivity index (χ2n) is 11.3. The zero-order valence-electron chi connectivity index (χ0n) is 24.5. The van der Waals surface area contributed by atoms with Crippen LogP contribution in [0.3, 0.4) is 0 Å². The summed E-state index contributed by atoms with van der Waals surface area (Å²) in [4.78, 5) is 82.6. The molecule has 1 aromatic heterocycles. The molecule has 226 valence electrons. The van der Waals surface area contributed by atoms with Gasteiger partial charge in [0.2, 0.25) is 0 Å². The molecule has 2 aromatic carbocycles. The lowest BCUT2D eigenvalue weighted by molar-refractivity contribution is -0.146. The van der Waals surface area contributed by atoms with Crippen LogP contribution >= 0.6 is 0 Å². The molecule has 0 fully saturated rings. The summed E-state index contributed by atoms with van der Waals surface area (Å²) in [5.74, 6) is -4.82. The number of carbonyl (C=O) groups is 4. The van der Waals surface area contributed by atoms with Gasteiger partial charge >= 0.3 is 23.3 Å². The van der Waals surface area contributed by atoms with Crippen LogP contribution in [0.4, 0.5) is 0 Å². The molecule has 0 saturated carbocycles. The van der Waals surface area contributed by atoms with Crippen LogP contribution < -0.4 is 16.7 Å². The molecule has 6 rings (SSSR count). The number of ether oxygens (including phenoxy) is 2. The first-order valence-electron chi connectivity index (χ1n) is 14.1. The molecule has 44 heavy (non-hydrogen) atoms. The average Bonchev–Trinajstić information content (AvgIpc) is 3.33. The smallest absolute Gasteiger partial charge is 0.352 e. The third-order valence-electron chi connectivity index (χ3n) is 8.93. The van der Waals surface area contributed by atoms with Crippen molar-refractivity contribution in [1.29, 1.82) is 0 Å². The van der Waals surface area contributed by atoms with E-state index in [1.807, 2.05) is 0 Å². The minimum atomic E-state index is -1.71. The normalized spacial score (nSPS) is 25.4. The van der Waals surface area contributed by atoms with Gasteiger partial charge in [-0.3, -0.25) is 14.4 Å². The predicted octanol–water partition coefficient (Wildman–Crippen LogP) is 1.89. The molecule has 2 aliphatic carbocycles. The maximum atomic E-state index is 14.6. The number of Topliss-reactive ketones (excluding diaryl/α,β-unsaturated/α-hetero) is 1. The van der Waals surface area contributed by atoms with Crippen LogP contribution in [0.15, 0.2) is 93.0 Å². The molecular weight excluding hydrogens is 568 g/mol. The monoisotopic (exact) mass is 598 g/mol. The van der Waals surface area contributed by atoms with E-state index in [0.29, 0.717) is 16.8 Å². The summed E-state index contributed by atoms with van der Waals surface area (Å²) in [6, 6.07) is 14.7. The minimum Gasteiger partial charge on any atom is -0.469 e. The number of esters is 2. The number of amides is 1. The van der Waals surface area contributed by atoms with E-state index in [2.05, 4.69) is 5.32 Å². The maximum Gasteiger partial charge on any atom is 0.352 e. The topological polar surface area (TPSA) is 148 Å². The zero-order chi connectivity index (χ0) is 31.5. The van der Waals surface area contributed by atoms with Crippen LogP contribution in [0, 0.1) is 11.8 Å². The highest BCUT2D eigenvalue weighted by Gasteiger charge is 2.62. The predicted molar refractivity (Wildman–Crippen MR) is 156 cm³/mol. The Labute approximate surface area is 251 Å². The number of fused-ring (bicyclic) bond motifs is 2. The van der Waals surface area contributed by atoms with E-state index < -0.39 is 64.5 Å². The number of hydrogen-bond donors (Lipinski definition) is 1. The molecule has 0 saturated heterocycles. The molecule has 3 aromatic rings. The SMILES string of the molecule is COC(=O)C1=C[C@@H](C(=O)OC)[C@@H]2C3=C(C(=O)[C@@]2(C)NC(=O)c2ccccc2)[C@H](C)n2c(=O)n(-c4ccccc4)c(=O)n2[C@@H]3C1. The van der Waals surface area contributed by atoms with E-state index >= 15 is 0 Å². The Hall–Kier alpha value is -5.26. The number of nitrogens with one attached hydrogen (secondary N) is 1. The summed E-state index contributed by atoms with van der Waals surface area (Å²) < 4.78 is 13.7. The average molecular weight is 599 g/mol. The van der Waals surface area contributed by atoms with Gasteiger partial charge in [0.05, 0.1) is 37.9 Å². The van der Waals surface area contributed by atoms with Crippen molar-refractivity contribution in [2.75, 3.05) is 14.2 Å². The molecule has 12 heteroatoms. The van der Waals surface area contributed by atoms with Crippen molar-refractivity contribution in [3.8, 4) is 5.69 Å². The zero-order valence-corrected chi connectivity index (χ0v) is 24.5. The molecule has 3 aliphatic rings. The lowest BCUT2D eigenvalue weighted by atomic mass is 9.74. The number of benzene rings is 2. The second-order valence-corrected chi connectivity index (χ2v) is 11.3. The van der Waals surface area contributed by atoms with E-state index in [1.165, 1.54) is 36.6 Å². The fourth-order valence-corrected chi connectivity index (χ4v) is 7.00. The van der Waals surface area contributed by atoms with Crippen molar-refractivity contribution < 1.29 is 28.7 Å². The molecule has 1 N–H and O–H groups in total. The van der Waals surface area contributed by atoms with Crippen molar-refractivity contribution >= 4 is 23.6 Å². The molecule has 12 nitrogen and oxygen atoms in total. The standard InChI is InChI=1S/C32H30N4O8/c1-17-23-24-22(36-31(42)34(30(41)35(17)36)20-13-9-6-10-14-20)16-19(28(39)43-3)15-21(29(40)44-4)25(24)32(2,26(23)37)33-27(38)18-11-7-5-8-12-18/h5-15,17,21-22,25H,16H2,1-4H3,(H,33,38)/t17-,21+,22+,25+,32-/m0/s1. The van der Waals surface area contributed by atoms with E-state index in [-0.39, 0.29) is 17.6 Å². The summed E-state index contributed by atoms with van der Waals surface area (Å²) in [5.41, 5.74) is -1.81. The van der Waals surface area contributed by atoms with Gasteiger partial charge in [-0.15, -0.1) is 0 Å². The van der Waals surface area contributed by atoms with E-state index in [9.17, 15) is 28.8 Å². The Morgan fingerprint density at radius 3 is 2.11 bits per heavy atom. The Bertz CT molecular complexity index is 1900. The van der Waals surface area contributed by atoms with Crippen molar-refractivity contribution in [3.63, 3.8) is 0 Å². The Morgan fingerprint density at radius 2 is 1.50 bits per heavy atom. The molecule has 1 amide bonds. The number of hydrogen-bond acceptors (Lipinski definition) is 8. The van der Waals surface area contributed by atoms with E-state index in [0.717, 1.165) is 4.57 Å². The van der Waals surface area contributed by atoms with Gasteiger partial charge in [-0.05, 0) is 43.7 Å². The molecule has 5 atom stereocenters. The number of aromatic nitrogens is 3. The van der Waals surface area contributed by atoms with Crippen LogP contribution in [-0.4, -0.2) is 57.3 Å². The quantitative estimate of drug-likeness (QED) is 0.438.